The highest BCUT2D eigenvalue weighted by molar-refractivity contribution is 6.30. The van der Waals surface area contributed by atoms with Crippen molar-refractivity contribution in [3.05, 3.63) is 28.8 Å². The lowest BCUT2D eigenvalue weighted by molar-refractivity contribution is 0.181. The van der Waals surface area contributed by atoms with E-state index in [0.717, 1.165) is 23.8 Å². The minimum absolute atomic E-state index is 0.494. The lowest BCUT2D eigenvalue weighted by Gasteiger charge is -2.26. The molecule has 2 nitrogen and oxygen atoms in total. The Balaban J connectivity index is 1.94. The molecule has 0 saturated heterocycles. The van der Waals surface area contributed by atoms with E-state index >= 15 is 0 Å². The Bertz CT molecular complexity index is 394. The van der Waals surface area contributed by atoms with Gasteiger partial charge >= 0.3 is 0 Å². The summed E-state index contributed by atoms with van der Waals surface area (Å²) in [6.07, 6.45) is 5.25. The summed E-state index contributed by atoms with van der Waals surface area (Å²) in [7, 11) is 0. The first-order valence-corrected chi connectivity index (χ1v) is 7.18. The maximum atomic E-state index is 6.00. The molecule has 0 bridgehead atoms. The summed E-state index contributed by atoms with van der Waals surface area (Å²) in [5.74, 6) is 2.36. The smallest absolute Gasteiger partial charge is 0.125 e. The van der Waals surface area contributed by atoms with Gasteiger partial charge in [-0.2, -0.15) is 0 Å². The van der Waals surface area contributed by atoms with Crippen molar-refractivity contribution < 1.29 is 4.74 Å². The van der Waals surface area contributed by atoms with Gasteiger partial charge in [0.2, 0.25) is 0 Å². The number of ether oxygens (including phenoxy) is 1. The highest BCUT2D eigenvalue weighted by atomic mass is 35.5. The van der Waals surface area contributed by atoms with Crippen LogP contribution in [0.2, 0.25) is 5.02 Å². The normalized spacial score (nSPS) is 23.9. The molecule has 0 radical (unpaired) electrons. The second-order valence-electron chi connectivity index (χ2n) is 5.40. The molecule has 1 aliphatic rings. The third-order valence-electron chi connectivity index (χ3n) is 3.77. The Hall–Kier alpha value is -0.730. The maximum absolute atomic E-state index is 6.00. The van der Waals surface area contributed by atoms with Crippen LogP contribution < -0.4 is 10.5 Å². The van der Waals surface area contributed by atoms with E-state index in [-0.39, 0.29) is 0 Å². The average molecular weight is 268 g/mol. The molecule has 2 N–H and O–H groups in total. The predicted molar refractivity (Wildman–Crippen MR) is 76.0 cm³/mol. The van der Waals surface area contributed by atoms with Crippen LogP contribution >= 0.6 is 11.6 Å². The van der Waals surface area contributed by atoms with Gasteiger partial charge in [0.25, 0.3) is 0 Å². The zero-order chi connectivity index (χ0) is 13.0. The molecule has 0 amide bonds. The van der Waals surface area contributed by atoms with E-state index < -0.39 is 0 Å². The first kappa shape index (κ1) is 13.7. The Morgan fingerprint density at radius 3 is 2.94 bits per heavy atom. The monoisotopic (exact) mass is 267 g/mol. The summed E-state index contributed by atoms with van der Waals surface area (Å²) in [6.45, 7) is 3.61. The van der Waals surface area contributed by atoms with Gasteiger partial charge in [-0.05, 0) is 36.8 Å². The van der Waals surface area contributed by atoms with Crippen molar-refractivity contribution in [1.29, 1.82) is 0 Å². The van der Waals surface area contributed by atoms with Gasteiger partial charge in [0.15, 0.2) is 0 Å². The van der Waals surface area contributed by atoms with Crippen LogP contribution in [0.3, 0.4) is 0 Å². The van der Waals surface area contributed by atoms with Gasteiger partial charge in [-0.3, -0.25) is 0 Å². The summed E-state index contributed by atoms with van der Waals surface area (Å²) in [4.78, 5) is 0. The third-order valence-corrected chi connectivity index (χ3v) is 4.00. The molecule has 100 valence electrons. The first-order valence-electron chi connectivity index (χ1n) is 6.80. The van der Waals surface area contributed by atoms with E-state index in [1.54, 1.807) is 0 Å². The molecule has 3 heteroatoms. The number of hydrogen-bond donors (Lipinski definition) is 1. The number of halogens is 1. The molecule has 1 aromatic rings. The Morgan fingerprint density at radius 2 is 2.22 bits per heavy atom. The fourth-order valence-corrected chi connectivity index (χ4v) is 2.91. The third kappa shape index (κ3) is 3.63. The van der Waals surface area contributed by atoms with E-state index in [4.69, 9.17) is 22.1 Å². The molecule has 0 heterocycles. The topological polar surface area (TPSA) is 35.2 Å². The van der Waals surface area contributed by atoms with Gasteiger partial charge in [0.05, 0.1) is 6.61 Å². The van der Waals surface area contributed by atoms with Crippen molar-refractivity contribution in [1.82, 2.24) is 0 Å². The molecule has 0 aromatic heterocycles. The van der Waals surface area contributed by atoms with Gasteiger partial charge in [-0.15, -0.1) is 0 Å². The van der Waals surface area contributed by atoms with Crippen LogP contribution in [0, 0.1) is 11.8 Å². The van der Waals surface area contributed by atoms with Crippen LogP contribution in [-0.4, -0.2) is 6.61 Å². The zero-order valence-corrected chi connectivity index (χ0v) is 11.7. The fourth-order valence-electron chi connectivity index (χ4n) is 2.75. The van der Waals surface area contributed by atoms with E-state index in [1.807, 2.05) is 18.2 Å². The van der Waals surface area contributed by atoms with E-state index in [2.05, 4.69) is 6.92 Å². The predicted octanol–water partition coefficient (Wildman–Crippen LogP) is 4.00. The Labute approximate surface area is 114 Å². The number of hydrogen-bond acceptors (Lipinski definition) is 2. The highest BCUT2D eigenvalue weighted by Gasteiger charge is 2.19. The van der Waals surface area contributed by atoms with E-state index in [0.29, 0.717) is 17.5 Å². The van der Waals surface area contributed by atoms with Crippen LogP contribution in [0.4, 0.5) is 0 Å². The summed E-state index contributed by atoms with van der Waals surface area (Å²) in [6, 6.07) is 5.68. The molecule has 0 spiro atoms. The summed E-state index contributed by atoms with van der Waals surface area (Å²) in [5, 5.41) is 0.708. The first-order chi connectivity index (χ1) is 8.69. The second-order valence-corrected chi connectivity index (χ2v) is 5.84. The fraction of sp³-hybridized carbons (Fsp3) is 0.600. The quantitative estimate of drug-likeness (QED) is 0.895. The van der Waals surface area contributed by atoms with Crippen LogP contribution in [0.5, 0.6) is 5.75 Å². The van der Waals surface area contributed by atoms with Crippen molar-refractivity contribution in [2.75, 3.05) is 6.61 Å². The van der Waals surface area contributed by atoms with Crippen molar-refractivity contribution >= 4 is 11.6 Å². The van der Waals surface area contributed by atoms with Gasteiger partial charge in [0.1, 0.15) is 5.75 Å². The lowest BCUT2D eigenvalue weighted by atomic mass is 9.83. The average Bonchev–Trinajstić information content (AvgIpc) is 2.37. The second kappa shape index (κ2) is 6.44. The van der Waals surface area contributed by atoms with Crippen LogP contribution in [0.25, 0.3) is 0 Å². The van der Waals surface area contributed by atoms with Crippen LogP contribution in [0.15, 0.2) is 18.2 Å². The highest BCUT2D eigenvalue weighted by Crippen LogP contribution is 2.30. The van der Waals surface area contributed by atoms with Crippen molar-refractivity contribution in [3.63, 3.8) is 0 Å². The van der Waals surface area contributed by atoms with Gasteiger partial charge in [-0.25, -0.2) is 0 Å². The number of nitrogens with two attached hydrogens (primary N) is 1. The van der Waals surface area contributed by atoms with Crippen LogP contribution in [-0.2, 0) is 6.54 Å². The lowest BCUT2D eigenvalue weighted by Crippen LogP contribution is -2.20. The van der Waals surface area contributed by atoms with Gasteiger partial charge < -0.3 is 10.5 Å². The summed E-state index contributed by atoms with van der Waals surface area (Å²) < 4.78 is 5.93. The van der Waals surface area contributed by atoms with Crippen molar-refractivity contribution in [3.8, 4) is 5.75 Å². The van der Waals surface area contributed by atoms with E-state index in [9.17, 15) is 0 Å². The molecule has 1 aromatic carbocycles. The Kier molecular flexibility index (Phi) is 4.90. The molecule has 2 unspecified atom stereocenters. The SMILES string of the molecule is CC1CCCC(COc2cc(Cl)ccc2CN)C1. The van der Waals surface area contributed by atoms with Crippen molar-refractivity contribution in [2.45, 2.75) is 39.2 Å². The van der Waals surface area contributed by atoms with E-state index in [1.165, 1.54) is 25.7 Å². The molecule has 2 atom stereocenters. The molecular formula is C15H22ClNO. The zero-order valence-electron chi connectivity index (χ0n) is 11.0. The molecule has 2 rings (SSSR count). The van der Waals surface area contributed by atoms with Crippen LogP contribution in [0.1, 0.15) is 38.2 Å². The number of rotatable bonds is 4. The molecule has 18 heavy (non-hydrogen) atoms. The molecule has 1 saturated carbocycles. The van der Waals surface area contributed by atoms with Gasteiger partial charge in [0, 0.05) is 17.1 Å². The Morgan fingerprint density at radius 1 is 1.39 bits per heavy atom. The standard InChI is InChI=1S/C15H22ClNO/c1-11-3-2-4-12(7-11)10-18-15-8-14(16)6-5-13(15)9-17/h5-6,8,11-12H,2-4,7,9-10,17H2,1H3. The van der Waals surface area contributed by atoms with Crippen molar-refractivity contribution in [2.24, 2.45) is 17.6 Å². The largest absolute Gasteiger partial charge is 0.493 e. The molecular weight excluding hydrogens is 246 g/mol. The molecule has 1 fully saturated rings. The summed E-state index contributed by atoms with van der Waals surface area (Å²) in [5.41, 5.74) is 6.74. The molecule has 1 aliphatic carbocycles. The minimum atomic E-state index is 0.494. The maximum Gasteiger partial charge on any atom is 0.125 e. The molecule has 0 aliphatic heterocycles. The number of benzene rings is 1. The summed E-state index contributed by atoms with van der Waals surface area (Å²) >= 11 is 6.00. The minimum Gasteiger partial charge on any atom is -0.493 e. The van der Waals surface area contributed by atoms with Gasteiger partial charge in [-0.1, -0.05) is 37.4 Å².